The molecule has 2 aromatic heterocycles. The third-order valence-corrected chi connectivity index (χ3v) is 5.28. The summed E-state index contributed by atoms with van der Waals surface area (Å²) in [4.78, 5) is 26.2. The molecule has 0 spiro atoms. The average molecular weight is 367 g/mol. The Morgan fingerprint density at radius 1 is 1.00 bits per heavy atom. The van der Waals surface area contributed by atoms with Crippen molar-refractivity contribution in [1.29, 1.82) is 0 Å². The molecule has 5 heteroatoms. The van der Waals surface area contributed by atoms with Crippen LogP contribution in [0.1, 0.15) is 41.9 Å². The van der Waals surface area contributed by atoms with Crippen LogP contribution in [0.4, 0.5) is 0 Å². The summed E-state index contributed by atoms with van der Waals surface area (Å²) in [6.07, 6.45) is 0. The molecule has 0 saturated carbocycles. The van der Waals surface area contributed by atoms with Crippen molar-refractivity contribution in [3.05, 3.63) is 74.7 Å². The van der Waals surface area contributed by atoms with Gasteiger partial charge in [0.05, 0.1) is 0 Å². The molecule has 0 radical (unpaired) electrons. The molecule has 0 amide bonds. The number of aryl methyl sites for hydroxylation is 3. The van der Waals surface area contributed by atoms with Crippen molar-refractivity contribution in [2.24, 2.45) is 0 Å². The topological polar surface area (TPSA) is 48.3 Å². The van der Waals surface area contributed by atoms with Gasteiger partial charge in [-0.1, -0.05) is 17.7 Å². The Bertz CT molecular complexity index is 964. The molecule has 3 rings (SSSR count). The lowest BCUT2D eigenvalue weighted by Gasteiger charge is -2.10. The first kappa shape index (κ1) is 18.1. The van der Waals surface area contributed by atoms with Gasteiger partial charge in [0.2, 0.25) is 5.78 Å². The van der Waals surface area contributed by atoms with Crippen LogP contribution < -0.4 is 0 Å². The van der Waals surface area contributed by atoms with Crippen molar-refractivity contribution < 1.29 is 14.3 Å². The molecule has 26 heavy (non-hydrogen) atoms. The number of hydrogen-bond acceptors (Lipinski definition) is 4. The van der Waals surface area contributed by atoms with Gasteiger partial charge >= 0.3 is 5.97 Å². The number of rotatable bonds is 5. The van der Waals surface area contributed by atoms with E-state index in [4.69, 9.17) is 4.74 Å². The monoisotopic (exact) mass is 367 g/mol. The average Bonchev–Trinajstić information content (AvgIpc) is 3.17. The van der Waals surface area contributed by atoms with Crippen LogP contribution in [-0.2, 0) is 4.74 Å². The Morgan fingerprint density at radius 3 is 2.31 bits per heavy atom. The number of hydrogen-bond donors (Lipinski definition) is 0. The van der Waals surface area contributed by atoms with E-state index in [2.05, 4.69) is 0 Å². The SMILES string of the molecule is Cc1ccc(-n2c(C)cc(C(=O)COC(=O)c3ccc(C)s3)c2C)cc1. The smallest absolute Gasteiger partial charge is 0.348 e. The lowest BCUT2D eigenvalue weighted by atomic mass is 10.1. The number of thiophene rings is 1. The molecule has 3 aromatic rings. The van der Waals surface area contributed by atoms with Crippen molar-refractivity contribution in [3.8, 4) is 5.69 Å². The Morgan fingerprint density at radius 2 is 1.69 bits per heavy atom. The van der Waals surface area contributed by atoms with E-state index in [0.29, 0.717) is 10.4 Å². The van der Waals surface area contributed by atoms with E-state index in [1.165, 1.54) is 16.9 Å². The minimum atomic E-state index is -0.455. The van der Waals surface area contributed by atoms with Crippen molar-refractivity contribution >= 4 is 23.1 Å². The first-order chi connectivity index (χ1) is 12.4. The van der Waals surface area contributed by atoms with Crippen LogP contribution in [-0.4, -0.2) is 22.9 Å². The largest absolute Gasteiger partial charge is 0.453 e. The maximum Gasteiger partial charge on any atom is 0.348 e. The molecule has 0 aliphatic heterocycles. The molecular weight excluding hydrogens is 346 g/mol. The van der Waals surface area contributed by atoms with E-state index in [-0.39, 0.29) is 12.4 Å². The summed E-state index contributed by atoms with van der Waals surface area (Å²) >= 11 is 1.36. The predicted octanol–water partition coefficient (Wildman–Crippen LogP) is 4.81. The lowest BCUT2D eigenvalue weighted by Crippen LogP contribution is -2.14. The number of carbonyl (C=O) groups is 2. The fourth-order valence-corrected chi connectivity index (χ4v) is 3.72. The van der Waals surface area contributed by atoms with Gasteiger partial charge in [-0.3, -0.25) is 4.79 Å². The highest BCUT2D eigenvalue weighted by Gasteiger charge is 2.19. The standard InChI is InChI=1S/C21H21NO3S/c1-13-5-8-17(9-6-13)22-14(2)11-18(16(22)4)19(23)12-25-21(24)20-10-7-15(3)26-20/h5-11H,12H2,1-4H3. The van der Waals surface area contributed by atoms with E-state index in [1.807, 2.05) is 68.7 Å². The van der Waals surface area contributed by atoms with Gasteiger partial charge in [0.25, 0.3) is 0 Å². The predicted molar refractivity (Wildman–Crippen MR) is 104 cm³/mol. The van der Waals surface area contributed by atoms with Crippen molar-refractivity contribution in [2.45, 2.75) is 27.7 Å². The maximum atomic E-state index is 12.6. The molecule has 0 saturated heterocycles. The molecule has 0 aliphatic carbocycles. The van der Waals surface area contributed by atoms with Gasteiger partial charge in [0.1, 0.15) is 4.88 Å². The van der Waals surface area contributed by atoms with Gasteiger partial charge in [-0.15, -0.1) is 11.3 Å². The van der Waals surface area contributed by atoms with Crippen LogP contribution in [0.15, 0.2) is 42.5 Å². The second kappa shape index (κ2) is 7.30. The summed E-state index contributed by atoms with van der Waals surface area (Å²) < 4.78 is 7.23. The number of aromatic nitrogens is 1. The van der Waals surface area contributed by atoms with E-state index in [0.717, 1.165) is 22.0 Å². The van der Waals surface area contributed by atoms with Crippen LogP contribution in [0.5, 0.6) is 0 Å². The zero-order valence-corrected chi connectivity index (χ0v) is 16.1. The third kappa shape index (κ3) is 3.63. The second-order valence-corrected chi connectivity index (χ2v) is 7.65. The van der Waals surface area contributed by atoms with Crippen LogP contribution in [0, 0.1) is 27.7 Å². The van der Waals surface area contributed by atoms with E-state index in [1.54, 1.807) is 6.07 Å². The highest BCUT2D eigenvalue weighted by molar-refractivity contribution is 7.13. The van der Waals surface area contributed by atoms with Crippen LogP contribution in [0.3, 0.4) is 0 Å². The minimum Gasteiger partial charge on any atom is -0.453 e. The molecule has 0 fully saturated rings. The van der Waals surface area contributed by atoms with Gasteiger partial charge in [-0.2, -0.15) is 0 Å². The zero-order valence-electron chi connectivity index (χ0n) is 15.3. The van der Waals surface area contributed by atoms with Gasteiger partial charge in [-0.05, 0) is 58.0 Å². The Balaban J connectivity index is 1.77. The zero-order chi connectivity index (χ0) is 18.8. The maximum absolute atomic E-state index is 12.6. The molecule has 0 bridgehead atoms. The van der Waals surface area contributed by atoms with Crippen LogP contribution >= 0.6 is 11.3 Å². The number of ether oxygens (including phenoxy) is 1. The fourth-order valence-electron chi connectivity index (χ4n) is 2.96. The summed E-state index contributed by atoms with van der Waals surface area (Å²) in [5, 5.41) is 0. The summed E-state index contributed by atoms with van der Waals surface area (Å²) in [5.74, 6) is -0.651. The molecule has 2 heterocycles. The van der Waals surface area contributed by atoms with E-state index >= 15 is 0 Å². The second-order valence-electron chi connectivity index (χ2n) is 6.37. The molecule has 0 aliphatic rings. The number of benzene rings is 1. The molecule has 0 atom stereocenters. The number of nitrogens with zero attached hydrogens (tertiary/aromatic N) is 1. The first-order valence-electron chi connectivity index (χ1n) is 8.39. The third-order valence-electron chi connectivity index (χ3n) is 4.30. The molecule has 0 N–H and O–H groups in total. The highest BCUT2D eigenvalue weighted by atomic mass is 32.1. The lowest BCUT2D eigenvalue weighted by molar-refractivity contribution is 0.0479. The van der Waals surface area contributed by atoms with E-state index < -0.39 is 5.97 Å². The summed E-state index contributed by atoms with van der Waals surface area (Å²) in [6.45, 7) is 7.58. The highest BCUT2D eigenvalue weighted by Crippen LogP contribution is 2.22. The minimum absolute atomic E-state index is 0.196. The quantitative estimate of drug-likeness (QED) is 0.480. The van der Waals surface area contributed by atoms with E-state index in [9.17, 15) is 9.59 Å². The first-order valence-corrected chi connectivity index (χ1v) is 9.21. The number of Topliss-reactive ketones (excluding diaryl/α,β-unsaturated/α-hetero) is 1. The molecule has 4 nitrogen and oxygen atoms in total. The van der Waals surface area contributed by atoms with Crippen LogP contribution in [0.2, 0.25) is 0 Å². The van der Waals surface area contributed by atoms with Crippen molar-refractivity contribution in [1.82, 2.24) is 4.57 Å². The van der Waals surface area contributed by atoms with Gasteiger partial charge in [0.15, 0.2) is 6.61 Å². The van der Waals surface area contributed by atoms with Crippen LogP contribution in [0.25, 0.3) is 5.69 Å². The van der Waals surface area contributed by atoms with Crippen molar-refractivity contribution in [2.75, 3.05) is 6.61 Å². The van der Waals surface area contributed by atoms with Gasteiger partial charge in [0, 0.05) is 27.5 Å². The van der Waals surface area contributed by atoms with Crippen molar-refractivity contribution in [3.63, 3.8) is 0 Å². The molecular formula is C21H21NO3S. The normalized spacial score (nSPS) is 10.8. The molecule has 0 unspecified atom stereocenters. The summed E-state index contributed by atoms with van der Waals surface area (Å²) in [7, 11) is 0. The molecule has 134 valence electrons. The van der Waals surface area contributed by atoms with Gasteiger partial charge < -0.3 is 9.30 Å². The Hall–Kier alpha value is -2.66. The summed E-state index contributed by atoms with van der Waals surface area (Å²) in [5.41, 5.74) is 4.59. The Kier molecular flexibility index (Phi) is 5.09. The number of esters is 1. The number of ketones is 1. The molecule has 1 aromatic carbocycles. The van der Waals surface area contributed by atoms with Gasteiger partial charge in [-0.25, -0.2) is 4.79 Å². The fraction of sp³-hybridized carbons (Fsp3) is 0.238. The Labute approximate surface area is 157 Å². The summed E-state index contributed by atoms with van der Waals surface area (Å²) in [6, 6.07) is 13.6. The number of carbonyl (C=O) groups excluding carboxylic acids is 2.